The number of amides is 4. The predicted octanol–water partition coefficient (Wildman–Crippen LogP) is 2.11. The summed E-state index contributed by atoms with van der Waals surface area (Å²) in [6, 6.07) is 16.3. The third kappa shape index (κ3) is 12.4. The lowest BCUT2D eigenvalue weighted by atomic mass is 9.85. The number of piperidine rings is 1. The summed E-state index contributed by atoms with van der Waals surface area (Å²) in [6.07, 6.45) is 2.30. The van der Waals surface area contributed by atoms with Gasteiger partial charge < -0.3 is 42.4 Å². The molecule has 2 aromatic carbocycles. The predicted molar refractivity (Wildman–Crippen MR) is 196 cm³/mol. The molecule has 8 N–H and O–H groups in total. The van der Waals surface area contributed by atoms with Gasteiger partial charge in [0.2, 0.25) is 11.8 Å². The zero-order valence-electron chi connectivity index (χ0n) is 30.4. The van der Waals surface area contributed by atoms with Crippen LogP contribution in [0.2, 0.25) is 0 Å². The van der Waals surface area contributed by atoms with Crippen molar-refractivity contribution in [3.63, 3.8) is 0 Å². The summed E-state index contributed by atoms with van der Waals surface area (Å²) in [7, 11) is 1.28. The third-order valence-electron chi connectivity index (χ3n) is 9.31. The van der Waals surface area contributed by atoms with E-state index >= 15 is 0 Å². The number of ether oxygens (including phenoxy) is 1. The molecule has 0 spiro atoms. The molecular formula is C38H57N7O6. The number of likely N-dealkylation sites (tertiary alicyclic amines) is 1. The van der Waals surface area contributed by atoms with Crippen LogP contribution in [0, 0.1) is 11.8 Å². The summed E-state index contributed by atoms with van der Waals surface area (Å²) in [5.41, 5.74) is 18.4. The molecule has 1 heterocycles. The number of nitrogens with two attached hydrogens (primary N) is 3. The molecule has 3 rings (SSSR count). The lowest BCUT2D eigenvalue weighted by Crippen LogP contribution is -2.59. The minimum atomic E-state index is -1.20. The Labute approximate surface area is 302 Å². The van der Waals surface area contributed by atoms with E-state index in [1.165, 1.54) is 7.11 Å². The number of nitrogens with one attached hydrogen (secondary N) is 2. The molecule has 1 aliphatic rings. The number of hydrogen-bond donors (Lipinski definition) is 5. The summed E-state index contributed by atoms with van der Waals surface area (Å²) in [5.74, 6) is -2.85. The SMILES string of the molecule is COC(=O)C1(N)CCN(C(=O)C(CCCCN)C(=O)C(CC(C)C)NC(=O)C(Cc2ccccc2)NC(=O)N(CCN)Cc2ccccc2)CC1. The number of carbonyl (C=O) groups excluding carboxylic acids is 5. The molecule has 0 radical (unpaired) electrons. The highest BCUT2D eigenvalue weighted by Crippen LogP contribution is 2.25. The Morgan fingerprint density at radius 3 is 2.02 bits per heavy atom. The number of methoxy groups -OCH3 is 1. The van der Waals surface area contributed by atoms with Crippen LogP contribution >= 0.6 is 0 Å². The van der Waals surface area contributed by atoms with Crippen molar-refractivity contribution in [3.8, 4) is 0 Å². The summed E-state index contributed by atoms with van der Waals surface area (Å²) < 4.78 is 4.87. The van der Waals surface area contributed by atoms with Crippen molar-refractivity contribution in [2.75, 3.05) is 39.8 Å². The highest BCUT2D eigenvalue weighted by atomic mass is 16.5. The van der Waals surface area contributed by atoms with Crippen LogP contribution in [-0.2, 0) is 36.9 Å². The molecule has 0 bridgehead atoms. The first kappa shape index (κ1) is 41.1. The number of carbonyl (C=O) groups is 5. The van der Waals surface area contributed by atoms with Crippen molar-refractivity contribution in [3.05, 3.63) is 71.8 Å². The van der Waals surface area contributed by atoms with Crippen molar-refractivity contribution in [1.29, 1.82) is 0 Å². The zero-order chi connectivity index (χ0) is 37.4. The molecule has 1 aliphatic heterocycles. The van der Waals surface area contributed by atoms with Gasteiger partial charge in [0.15, 0.2) is 5.78 Å². The first-order valence-corrected chi connectivity index (χ1v) is 18.0. The fourth-order valence-electron chi connectivity index (χ4n) is 6.38. The Kier molecular flexibility index (Phi) is 16.5. The molecule has 3 unspecified atom stereocenters. The van der Waals surface area contributed by atoms with Gasteiger partial charge in [-0.25, -0.2) is 4.79 Å². The van der Waals surface area contributed by atoms with E-state index in [-0.39, 0.29) is 63.7 Å². The smallest absolute Gasteiger partial charge is 0.325 e. The maximum Gasteiger partial charge on any atom is 0.325 e. The first-order valence-electron chi connectivity index (χ1n) is 18.0. The Hall–Kier alpha value is -4.33. The monoisotopic (exact) mass is 707 g/mol. The molecule has 0 aromatic heterocycles. The highest BCUT2D eigenvalue weighted by molar-refractivity contribution is 6.05. The second-order valence-electron chi connectivity index (χ2n) is 13.8. The molecular weight excluding hydrogens is 650 g/mol. The van der Waals surface area contributed by atoms with Crippen LogP contribution in [0.15, 0.2) is 60.7 Å². The van der Waals surface area contributed by atoms with Crippen LogP contribution in [0.1, 0.15) is 63.5 Å². The van der Waals surface area contributed by atoms with E-state index in [1.54, 1.807) is 9.80 Å². The molecule has 51 heavy (non-hydrogen) atoms. The molecule has 4 amide bonds. The van der Waals surface area contributed by atoms with Gasteiger partial charge >= 0.3 is 12.0 Å². The second kappa shape index (κ2) is 20.5. The van der Waals surface area contributed by atoms with Crippen molar-refractivity contribution in [2.24, 2.45) is 29.0 Å². The van der Waals surface area contributed by atoms with Gasteiger partial charge in [-0.15, -0.1) is 0 Å². The van der Waals surface area contributed by atoms with Gasteiger partial charge in [-0.3, -0.25) is 19.2 Å². The molecule has 280 valence electrons. The number of Topliss-reactive ketones (excluding diaryl/α,β-unsaturated/α-hetero) is 1. The van der Waals surface area contributed by atoms with Crippen LogP contribution in [0.5, 0.6) is 0 Å². The Bertz CT molecular complexity index is 1420. The molecule has 13 nitrogen and oxygen atoms in total. The zero-order valence-corrected chi connectivity index (χ0v) is 30.4. The van der Waals surface area contributed by atoms with Gasteiger partial charge in [-0.05, 0) is 55.7 Å². The van der Waals surface area contributed by atoms with Crippen LogP contribution in [-0.4, -0.2) is 96.9 Å². The van der Waals surface area contributed by atoms with E-state index in [4.69, 9.17) is 21.9 Å². The Morgan fingerprint density at radius 2 is 1.47 bits per heavy atom. The van der Waals surface area contributed by atoms with Gasteiger partial charge in [-0.1, -0.05) is 80.9 Å². The number of unbranched alkanes of at least 4 members (excludes halogenated alkanes) is 1. The van der Waals surface area contributed by atoms with E-state index in [0.717, 1.165) is 11.1 Å². The van der Waals surface area contributed by atoms with Crippen molar-refractivity contribution >= 4 is 29.6 Å². The average molecular weight is 708 g/mol. The summed E-state index contributed by atoms with van der Waals surface area (Å²) in [4.78, 5) is 71.6. The number of nitrogens with zero attached hydrogens (tertiary/aromatic N) is 2. The maximum absolute atomic E-state index is 14.4. The molecule has 1 saturated heterocycles. The standard InChI is InChI=1S/C38H57N7O6/c1-27(2)24-31(33(46)30(16-10-11-19-39)35(48)44-21-17-38(41,18-22-44)36(49)51-3)42-34(47)32(25-28-12-6-4-7-13-28)43-37(50)45(23-20-40)26-29-14-8-5-9-15-29/h4-9,12-15,27,30-32H,10-11,16-26,39-41H2,1-3H3,(H,42,47)(H,43,50). The molecule has 0 aliphatic carbocycles. The molecule has 1 fully saturated rings. The fourth-order valence-corrected chi connectivity index (χ4v) is 6.38. The van der Waals surface area contributed by atoms with Gasteiger partial charge in [0.1, 0.15) is 11.6 Å². The minimum Gasteiger partial charge on any atom is -0.468 e. The minimum absolute atomic E-state index is 0.0000240. The quantitative estimate of drug-likeness (QED) is 0.0823. The number of hydrogen-bond acceptors (Lipinski definition) is 9. The van der Waals surface area contributed by atoms with Crippen molar-refractivity contribution < 1.29 is 28.7 Å². The average Bonchev–Trinajstić information content (AvgIpc) is 3.12. The van der Waals surface area contributed by atoms with Crippen LogP contribution in [0.4, 0.5) is 4.79 Å². The molecule has 13 heteroatoms. The number of rotatable bonds is 19. The fraction of sp³-hybridized carbons (Fsp3) is 0.553. The Morgan fingerprint density at radius 1 is 0.863 bits per heavy atom. The van der Waals surface area contributed by atoms with Gasteiger partial charge in [-0.2, -0.15) is 0 Å². The first-order chi connectivity index (χ1) is 24.4. The van der Waals surface area contributed by atoms with Gasteiger partial charge in [0, 0.05) is 39.1 Å². The van der Waals surface area contributed by atoms with E-state index in [1.807, 2.05) is 74.5 Å². The van der Waals surface area contributed by atoms with E-state index in [2.05, 4.69) is 10.6 Å². The number of urea groups is 1. The largest absolute Gasteiger partial charge is 0.468 e. The van der Waals surface area contributed by atoms with Crippen LogP contribution < -0.4 is 27.8 Å². The summed E-state index contributed by atoms with van der Waals surface area (Å²) in [5, 5.41) is 5.84. The van der Waals surface area contributed by atoms with E-state index < -0.39 is 47.2 Å². The van der Waals surface area contributed by atoms with Crippen LogP contribution in [0.3, 0.4) is 0 Å². The summed E-state index contributed by atoms with van der Waals surface area (Å²) in [6.45, 7) is 5.47. The third-order valence-corrected chi connectivity index (χ3v) is 9.31. The lowest BCUT2D eigenvalue weighted by Gasteiger charge is -2.38. The highest BCUT2D eigenvalue weighted by Gasteiger charge is 2.43. The van der Waals surface area contributed by atoms with Gasteiger partial charge in [0.25, 0.3) is 0 Å². The Balaban J connectivity index is 1.86. The second-order valence-corrected chi connectivity index (χ2v) is 13.8. The normalized spacial score (nSPS) is 15.7. The van der Waals surface area contributed by atoms with E-state index in [0.29, 0.717) is 32.4 Å². The summed E-state index contributed by atoms with van der Waals surface area (Å²) >= 11 is 0. The van der Waals surface area contributed by atoms with Crippen LogP contribution in [0.25, 0.3) is 0 Å². The molecule has 0 saturated carbocycles. The van der Waals surface area contributed by atoms with Gasteiger partial charge in [0.05, 0.1) is 19.1 Å². The lowest BCUT2D eigenvalue weighted by molar-refractivity contribution is -0.152. The number of esters is 1. The maximum atomic E-state index is 14.4. The van der Waals surface area contributed by atoms with Crippen molar-refractivity contribution in [1.82, 2.24) is 20.4 Å². The van der Waals surface area contributed by atoms with Crippen molar-refractivity contribution in [2.45, 2.75) is 83.0 Å². The molecule has 3 atom stereocenters. The number of benzene rings is 2. The molecule has 2 aromatic rings. The topological polar surface area (TPSA) is 203 Å². The number of ketones is 1. The van der Waals surface area contributed by atoms with E-state index in [9.17, 15) is 24.0 Å².